The normalized spacial score (nSPS) is 13.3. The van der Waals surface area contributed by atoms with Gasteiger partial charge in [0.25, 0.3) is 11.8 Å². The van der Waals surface area contributed by atoms with Crippen LogP contribution in [0.5, 0.6) is 5.75 Å². The van der Waals surface area contributed by atoms with Gasteiger partial charge in [-0.15, -0.1) is 0 Å². The summed E-state index contributed by atoms with van der Waals surface area (Å²) in [5.74, 6) is -5.90. The maximum Gasteiger partial charge on any atom is 0.274 e. The van der Waals surface area contributed by atoms with E-state index >= 15 is 0 Å². The Morgan fingerprint density at radius 1 is 1.08 bits per heavy atom. The Hall–Kier alpha value is -4.41. The molecule has 1 aliphatic heterocycles. The number of carbonyl (C=O) groups is 2. The molecular weight excluding hydrogens is 506 g/mol. The third-order valence-electron chi connectivity index (χ3n) is 5.93. The molecule has 3 aromatic rings. The highest BCUT2D eigenvalue weighted by Crippen LogP contribution is 2.23. The van der Waals surface area contributed by atoms with Crippen molar-refractivity contribution in [3.8, 4) is 5.75 Å². The van der Waals surface area contributed by atoms with Crippen molar-refractivity contribution in [2.75, 3.05) is 13.1 Å². The number of hydrogen-bond acceptors (Lipinski definition) is 4. The number of benzene rings is 2. The molecule has 7 nitrogen and oxygen atoms in total. The Morgan fingerprint density at radius 3 is 2.42 bits per heavy atom. The molecule has 2 aromatic carbocycles. The second-order valence-corrected chi connectivity index (χ2v) is 8.59. The predicted molar refractivity (Wildman–Crippen MR) is 130 cm³/mol. The zero-order valence-electron chi connectivity index (χ0n) is 20.3. The summed E-state index contributed by atoms with van der Waals surface area (Å²) in [6, 6.07) is 9.76. The van der Waals surface area contributed by atoms with Crippen LogP contribution in [-0.4, -0.2) is 34.4 Å². The van der Waals surface area contributed by atoms with Gasteiger partial charge in [-0.1, -0.05) is 30.3 Å². The average Bonchev–Trinajstić information content (AvgIpc) is 2.87. The van der Waals surface area contributed by atoms with E-state index in [1.54, 1.807) is 30.3 Å². The lowest BCUT2D eigenvalue weighted by atomic mass is 10.1. The highest BCUT2D eigenvalue weighted by atomic mass is 19.1. The van der Waals surface area contributed by atoms with Gasteiger partial charge in [0.2, 0.25) is 5.43 Å². The van der Waals surface area contributed by atoms with E-state index in [-0.39, 0.29) is 37.7 Å². The van der Waals surface area contributed by atoms with E-state index in [4.69, 9.17) is 4.74 Å². The summed E-state index contributed by atoms with van der Waals surface area (Å²) in [5.41, 5.74) is -1.31. The van der Waals surface area contributed by atoms with Crippen molar-refractivity contribution in [3.63, 3.8) is 0 Å². The van der Waals surface area contributed by atoms with Crippen molar-refractivity contribution in [1.29, 1.82) is 0 Å². The third-order valence-corrected chi connectivity index (χ3v) is 5.93. The molecule has 0 saturated carbocycles. The lowest BCUT2D eigenvalue weighted by Gasteiger charge is -2.30. The fourth-order valence-corrected chi connectivity index (χ4v) is 3.96. The Labute approximate surface area is 214 Å². The monoisotopic (exact) mass is 529 g/mol. The lowest BCUT2D eigenvalue weighted by Crippen LogP contribution is -2.43. The van der Waals surface area contributed by atoms with Crippen molar-refractivity contribution in [1.82, 2.24) is 14.8 Å². The Kier molecular flexibility index (Phi) is 7.94. The fraction of sp³-hybridized carbons (Fsp3) is 0.222. The minimum Gasteiger partial charge on any atom is -0.483 e. The topological polar surface area (TPSA) is 80.6 Å². The number of fused-ring (bicyclic) bond motifs is 1. The number of rotatable bonds is 8. The van der Waals surface area contributed by atoms with E-state index in [0.717, 1.165) is 0 Å². The standard InChI is InChI=1S/C27H23F4N3O4/c1-16(28)7-8-33-9-10-34-14-20(26(36)32-13-19-21(30)11-18(29)12-22(19)31)24(35)25(23(34)27(33)37)38-15-17-5-3-2-4-6-17/h2-7,11-12,14H,8-10,13,15H2,1H3,(H,32,36)/b16-7+. The van der Waals surface area contributed by atoms with Crippen LogP contribution in [0.1, 0.15) is 38.9 Å². The zero-order valence-corrected chi connectivity index (χ0v) is 20.3. The van der Waals surface area contributed by atoms with E-state index in [1.165, 1.54) is 28.7 Å². The lowest BCUT2D eigenvalue weighted by molar-refractivity contribution is 0.0712. The molecule has 0 spiro atoms. The van der Waals surface area contributed by atoms with Crippen molar-refractivity contribution in [3.05, 3.63) is 111 Å². The smallest absolute Gasteiger partial charge is 0.274 e. The van der Waals surface area contributed by atoms with Crippen molar-refractivity contribution < 1.29 is 31.9 Å². The number of ether oxygens (including phenoxy) is 1. The molecule has 0 bridgehead atoms. The number of hydrogen-bond donors (Lipinski definition) is 1. The maximum atomic E-state index is 14.0. The first kappa shape index (κ1) is 26.6. The zero-order chi connectivity index (χ0) is 27.4. The fourth-order valence-electron chi connectivity index (χ4n) is 3.96. The van der Waals surface area contributed by atoms with Crippen LogP contribution >= 0.6 is 0 Å². The van der Waals surface area contributed by atoms with Crippen LogP contribution in [0.25, 0.3) is 0 Å². The minimum absolute atomic E-state index is 0.0233. The van der Waals surface area contributed by atoms with Gasteiger partial charge in [-0.25, -0.2) is 17.6 Å². The molecule has 0 atom stereocenters. The van der Waals surface area contributed by atoms with Crippen LogP contribution in [0.15, 0.2) is 65.4 Å². The largest absolute Gasteiger partial charge is 0.483 e. The second kappa shape index (κ2) is 11.3. The van der Waals surface area contributed by atoms with Crippen LogP contribution in [0.3, 0.4) is 0 Å². The molecule has 38 heavy (non-hydrogen) atoms. The molecule has 2 amide bonds. The van der Waals surface area contributed by atoms with Crippen LogP contribution in [-0.2, 0) is 19.7 Å². The van der Waals surface area contributed by atoms with Gasteiger partial charge >= 0.3 is 0 Å². The Morgan fingerprint density at radius 2 is 1.76 bits per heavy atom. The third kappa shape index (κ3) is 5.77. The van der Waals surface area contributed by atoms with Gasteiger partial charge in [-0.05, 0) is 18.6 Å². The number of nitrogens with zero attached hydrogens (tertiary/aromatic N) is 2. The maximum absolute atomic E-state index is 14.0. The van der Waals surface area contributed by atoms with Crippen molar-refractivity contribution in [2.24, 2.45) is 0 Å². The van der Waals surface area contributed by atoms with Gasteiger partial charge in [0, 0.05) is 50.1 Å². The first-order valence-corrected chi connectivity index (χ1v) is 11.6. The summed E-state index contributed by atoms with van der Waals surface area (Å²) in [7, 11) is 0. The average molecular weight is 529 g/mol. The van der Waals surface area contributed by atoms with Gasteiger partial charge in [-0.2, -0.15) is 0 Å². The van der Waals surface area contributed by atoms with E-state index in [0.29, 0.717) is 17.7 Å². The first-order valence-electron chi connectivity index (χ1n) is 11.6. The Bertz CT molecular complexity index is 1440. The number of amides is 2. The van der Waals surface area contributed by atoms with E-state index in [9.17, 15) is 31.9 Å². The molecule has 1 aromatic heterocycles. The van der Waals surface area contributed by atoms with Gasteiger partial charge < -0.3 is 19.5 Å². The van der Waals surface area contributed by atoms with Crippen molar-refractivity contribution >= 4 is 11.8 Å². The number of allylic oxidation sites excluding steroid dienone is 1. The molecule has 4 rings (SSSR count). The molecule has 0 saturated heterocycles. The van der Waals surface area contributed by atoms with Crippen LogP contribution in [0.2, 0.25) is 0 Å². The highest BCUT2D eigenvalue weighted by Gasteiger charge is 2.31. The molecule has 0 fully saturated rings. The minimum atomic E-state index is -1.19. The Balaban J connectivity index is 1.68. The molecule has 198 valence electrons. The van der Waals surface area contributed by atoms with Gasteiger partial charge in [-0.3, -0.25) is 14.4 Å². The molecule has 0 unspecified atom stereocenters. The van der Waals surface area contributed by atoms with E-state index < -0.39 is 58.2 Å². The molecule has 11 heteroatoms. The molecule has 2 heterocycles. The van der Waals surface area contributed by atoms with Gasteiger partial charge in [0.1, 0.15) is 29.6 Å². The van der Waals surface area contributed by atoms with Gasteiger partial charge in [0.05, 0.1) is 5.83 Å². The summed E-state index contributed by atoms with van der Waals surface area (Å²) in [4.78, 5) is 40.9. The summed E-state index contributed by atoms with van der Waals surface area (Å²) in [5, 5.41) is 2.26. The molecule has 1 N–H and O–H groups in total. The summed E-state index contributed by atoms with van der Waals surface area (Å²) >= 11 is 0. The van der Waals surface area contributed by atoms with Gasteiger partial charge in [0.15, 0.2) is 11.4 Å². The summed E-state index contributed by atoms with van der Waals surface area (Å²) in [6.07, 6.45) is 2.40. The number of halogens is 4. The van der Waals surface area contributed by atoms with Crippen LogP contribution in [0.4, 0.5) is 17.6 Å². The SMILES string of the molecule is C/C(F)=C\CN1CCn2cc(C(=O)NCc3c(F)cc(F)cc3F)c(=O)c(OCc3ccccc3)c2C1=O. The summed E-state index contributed by atoms with van der Waals surface area (Å²) < 4.78 is 61.6. The molecule has 0 aliphatic carbocycles. The van der Waals surface area contributed by atoms with E-state index in [2.05, 4.69) is 5.32 Å². The number of pyridine rings is 1. The number of nitrogens with one attached hydrogen (secondary N) is 1. The number of carbonyl (C=O) groups excluding carboxylic acids is 2. The second-order valence-electron chi connectivity index (χ2n) is 8.59. The molecule has 1 aliphatic rings. The highest BCUT2D eigenvalue weighted by molar-refractivity contribution is 5.99. The predicted octanol–water partition coefficient (Wildman–Crippen LogP) is 4.10. The molecular formula is C27H23F4N3O4. The van der Waals surface area contributed by atoms with Crippen LogP contribution < -0.4 is 15.5 Å². The quantitative estimate of drug-likeness (QED) is 0.446. The van der Waals surface area contributed by atoms with Crippen LogP contribution in [0, 0.1) is 17.5 Å². The number of aromatic nitrogens is 1. The first-order chi connectivity index (χ1) is 18.2. The van der Waals surface area contributed by atoms with E-state index in [1.807, 2.05) is 0 Å². The summed E-state index contributed by atoms with van der Waals surface area (Å²) in [6.45, 7) is 0.824. The van der Waals surface area contributed by atoms with Crippen molar-refractivity contribution in [2.45, 2.75) is 26.6 Å². The molecule has 0 radical (unpaired) electrons.